The van der Waals surface area contributed by atoms with Gasteiger partial charge in [0.2, 0.25) is 0 Å². The van der Waals surface area contributed by atoms with Crippen molar-refractivity contribution in [2.45, 2.75) is 13.0 Å². The van der Waals surface area contributed by atoms with Gasteiger partial charge in [-0.25, -0.2) is 0 Å². The molecule has 2 heteroatoms. The van der Waals surface area contributed by atoms with E-state index in [1.807, 2.05) is 18.2 Å². The van der Waals surface area contributed by atoms with Crippen molar-refractivity contribution in [2.24, 2.45) is 5.73 Å². The molecule has 0 fully saturated rings. The zero-order valence-corrected chi connectivity index (χ0v) is 9.89. The molecule has 17 heavy (non-hydrogen) atoms. The summed E-state index contributed by atoms with van der Waals surface area (Å²) in [6.45, 7) is 1.54. The molecule has 0 amide bonds. The second-order valence-corrected chi connectivity index (χ2v) is 4.03. The molecule has 0 radical (unpaired) electrons. The van der Waals surface area contributed by atoms with E-state index >= 15 is 0 Å². The highest BCUT2D eigenvalue weighted by Crippen LogP contribution is 2.12. The van der Waals surface area contributed by atoms with Crippen molar-refractivity contribution in [1.82, 2.24) is 0 Å². The first-order valence-corrected chi connectivity index (χ1v) is 5.96. The van der Waals surface area contributed by atoms with E-state index in [9.17, 15) is 0 Å². The molecular formula is C15H18N2. The summed E-state index contributed by atoms with van der Waals surface area (Å²) in [5, 5.41) is 3.42. The molecule has 2 nitrogen and oxygen atoms in total. The van der Waals surface area contributed by atoms with Crippen LogP contribution in [0, 0.1) is 0 Å². The Morgan fingerprint density at radius 1 is 0.824 bits per heavy atom. The number of nitrogens with one attached hydrogen (secondary N) is 1. The summed E-state index contributed by atoms with van der Waals surface area (Å²) in [6, 6.07) is 18.7. The van der Waals surface area contributed by atoms with E-state index in [-0.39, 0.29) is 0 Å². The molecule has 3 N–H and O–H groups in total. The number of anilines is 1. The number of benzene rings is 2. The molecule has 0 aliphatic carbocycles. The first kappa shape index (κ1) is 11.7. The van der Waals surface area contributed by atoms with Crippen LogP contribution in [0.2, 0.25) is 0 Å². The largest absolute Gasteiger partial charge is 0.381 e. The number of hydrogen-bond acceptors (Lipinski definition) is 2. The Morgan fingerprint density at radius 3 is 2.18 bits per heavy atom. The minimum Gasteiger partial charge on any atom is -0.381 e. The maximum absolute atomic E-state index is 5.62. The number of nitrogens with two attached hydrogens (primary N) is 1. The monoisotopic (exact) mass is 226 g/mol. The van der Waals surface area contributed by atoms with Gasteiger partial charge in [-0.1, -0.05) is 42.5 Å². The summed E-state index contributed by atoms with van der Waals surface area (Å²) >= 11 is 0. The Hall–Kier alpha value is -1.80. The lowest BCUT2D eigenvalue weighted by molar-refractivity contribution is 0.942. The van der Waals surface area contributed by atoms with Crippen LogP contribution in [0.25, 0.3) is 0 Å². The topological polar surface area (TPSA) is 38.0 Å². The van der Waals surface area contributed by atoms with Crippen molar-refractivity contribution in [2.75, 3.05) is 11.9 Å². The maximum Gasteiger partial charge on any atom is 0.0403 e. The lowest BCUT2D eigenvalue weighted by Gasteiger charge is -2.10. The van der Waals surface area contributed by atoms with Crippen LogP contribution in [0.3, 0.4) is 0 Å². The van der Waals surface area contributed by atoms with E-state index in [1.54, 1.807) is 0 Å². The normalized spacial score (nSPS) is 10.2. The molecule has 2 aromatic rings. The maximum atomic E-state index is 5.62. The summed E-state index contributed by atoms with van der Waals surface area (Å²) in [5.41, 5.74) is 9.42. The smallest absolute Gasteiger partial charge is 0.0403 e. The van der Waals surface area contributed by atoms with E-state index in [2.05, 4.69) is 41.7 Å². The summed E-state index contributed by atoms with van der Waals surface area (Å²) in [4.78, 5) is 0. The molecular weight excluding hydrogens is 208 g/mol. The summed E-state index contributed by atoms with van der Waals surface area (Å²) in [5.74, 6) is 0. The van der Waals surface area contributed by atoms with Crippen molar-refractivity contribution in [3.63, 3.8) is 0 Å². The Morgan fingerprint density at radius 2 is 1.47 bits per heavy atom. The molecule has 2 rings (SSSR count). The van der Waals surface area contributed by atoms with Crippen LogP contribution in [0.4, 0.5) is 5.69 Å². The van der Waals surface area contributed by atoms with E-state index in [0.717, 1.165) is 18.7 Å². The Kier molecular flexibility index (Phi) is 4.17. The standard InChI is InChI=1S/C15H18N2/c16-11-10-13-6-4-5-7-14(13)12-17-15-8-2-1-3-9-15/h1-9,17H,10-12,16H2. The average Bonchev–Trinajstić information content (AvgIpc) is 2.39. The Bertz CT molecular complexity index is 451. The third kappa shape index (κ3) is 3.33. The number of hydrogen-bond donors (Lipinski definition) is 2. The molecule has 0 atom stereocenters. The second-order valence-electron chi connectivity index (χ2n) is 4.03. The van der Waals surface area contributed by atoms with Gasteiger partial charge in [-0.05, 0) is 36.2 Å². The van der Waals surface area contributed by atoms with Crippen LogP contribution in [-0.4, -0.2) is 6.54 Å². The van der Waals surface area contributed by atoms with Crippen molar-refractivity contribution >= 4 is 5.69 Å². The van der Waals surface area contributed by atoms with E-state index in [1.165, 1.54) is 11.1 Å². The third-order valence-corrected chi connectivity index (χ3v) is 2.79. The minimum atomic E-state index is 0.697. The first-order chi connectivity index (χ1) is 8.40. The van der Waals surface area contributed by atoms with Gasteiger partial charge in [0.05, 0.1) is 0 Å². The van der Waals surface area contributed by atoms with Crippen molar-refractivity contribution in [3.8, 4) is 0 Å². The third-order valence-electron chi connectivity index (χ3n) is 2.79. The molecule has 0 aromatic heterocycles. The zero-order valence-electron chi connectivity index (χ0n) is 9.89. The predicted molar refractivity (Wildman–Crippen MR) is 73.0 cm³/mol. The van der Waals surface area contributed by atoms with Gasteiger partial charge in [0.15, 0.2) is 0 Å². The van der Waals surface area contributed by atoms with Crippen LogP contribution in [0.5, 0.6) is 0 Å². The van der Waals surface area contributed by atoms with Crippen molar-refractivity contribution < 1.29 is 0 Å². The van der Waals surface area contributed by atoms with E-state index < -0.39 is 0 Å². The van der Waals surface area contributed by atoms with Gasteiger partial charge in [0.1, 0.15) is 0 Å². The van der Waals surface area contributed by atoms with E-state index in [4.69, 9.17) is 5.73 Å². The van der Waals surface area contributed by atoms with E-state index in [0.29, 0.717) is 6.54 Å². The molecule has 0 unspecified atom stereocenters. The summed E-state index contributed by atoms with van der Waals surface area (Å²) < 4.78 is 0. The number of rotatable bonds is 5. The van der Waals surface area contributed by atoms with Gasteiger partial charge in [-0.2, -0.15) is 0 Å². The fraction of sp³-hybridized carbons (Fsp3) is 0.200. The van der Waals surface area contributed by atoms with Crippen LogP contribution < -0.4 is 11.1 Å². The van der Waals surface area contributed by atoms with Crippen molar-refractivity contribution in [3.05, 3.63) is 65.7 Å². The zero-order chi connectivity index (χ0) is 11.9. The van der Waals surface area contributed by atoms with Gasteiger partial charge in [0.25, 0.3) is 0 Å². The van der Waals surface area contributed by atoms with Gasteiger partial charge in [-0.15, -0.1) is 0 Å². The second kappa shape index (κ2) is 6.06. The SMILES string of the molecule is NCCc1ccccc1CNc1ccccc1. The quantitative estimate of drug-likeness (QED) is 0.822. The molecule has 2 aromatic carbocycles. The lowest BCUT2D eigenvalue weighted by atomic mass is 10.0. The number of para-hydroxylation sites is 1. The highest BCUT2D eigenvalue weighted by atomic mass is 14.9. The van der Waals surface area contributed by atoms with Gasteiger partial charge >= 0.3 is 0 Å². The van der Waals surface area contributed by atoms with Crippen LogP contribution >= 0.6 is 0 Å². The predicted octanol–water partition coefficient (Wildman–Crippen LogP) is 2.80. The molecule has 0 saturated carbocycles. The summed E-state index contributed by atoms with van der Waals surface area (Å²) in [7, 11) is 0. The first-order valence-electron chi connectivity index (χ1n) is 5.96. The van der Waals surface area contributed by atoms with Crippen LogP contribution in [0.15, 0.2) is 54.6 Å². The highest BCUT2D eigenvalue weighted by Gasteiger charge is 2.00. The minimum absolute atomic E-state index is 0.697. The lowest BCUT2D eigenvalue weighted by Crippen LogP contribution is -2.07. The Balaban J connectivity index is 2.03. The molecule has 0 spiro atoms. The van der Waals surface area contributed by atoms with Gasteiger partial charge < -0.3 is 11.1 Å². The summed E-state index contributed by atoms with van der Waals surface area (Å²) in [6.07, 6.45) is 0.937. The van der Waals surface area contributed by atoms with Gasteiger partial charge in [0, 0.05) is 12.2 Å². The molecule has 0 aliphatic heterocycles. The molecule has 0 heterocycles. The van der Waals surface area contributed by atoms with Crippen LogP contribution in [-0.2, 0) is 13.0 Å². The molecule has 0 aliphatic rings. The fourth-order valence-electron chi connectivity index (χ4n) is 1.88. The fourth-order valence-corrected chi connectivity index (χ4v) is 1.88. The van der Waals surface area contributed by atoms with Crippen molar-refractivity contribution in [1.29, 1.82) is 0 Å². The average molecular weight is 226 g/mol. The molecule has 0 bridgehead atoms. The Labute approximate surface area is 102 Å². The molecule has 0 saturated heterocycles. The van der Waals surface area contributed by atoms with Crippen LogP contribution in [0.1, 0.15) is 11.1 Å². The highest BCUT2D eigenvalue weighted by molar-refractivity contribution is 5.43. The van der Waals surface area contributed by atoms with Gasteiger partial charge in [-0.3, -0.25) is 0 Å². The molecule has 88 valence electrons.